The zero-order chi connectivity index (χ0) is 15.7. The third-order valence-corrected chi connectivity index (χ3v) is 4.09. The van der Waals surface area contributed by atoms with E-state index in [1.807, 2.05) is 19.1 Å². The molecule has 0 bridgehead atoms. The van der Waals surface area contributed by atoms with E-state index in [1.54, 1.807) is 30.7 Å². The number of aryl methyl sites for hydroxylation is 2. The molecule has 0 aliphatic heterocycles. The van der Waals surface area contributed by atoms with Crippen molar-refractivity contribution < 1.29 is 4.79 Å². The van der Waals surface area contributed by atoms with Crippen molar-refractivity contribution in [3.8, 4) is 0 Å². The Hall–Kier alpha value is -2.27. The topological polar surface area (TPSA) is 54.9 Å². The molecule has 1 aromatic carbocycles. The summed E-state index contributed by atoms with van der Waals surface area (Å²) in [5.74, 6) is -0.195. The van der Waals surface area contributed by atoms with E-state index in [9.17, 15) is 4.79 Å². The first-order valence-electron chi connectivity index (χ1n) is 6.83. The molecule has 110 valence electrons. The predicted molar refractivity (Wildman–Crippen MR) is 91.1 cm³/mol. The quantitative estimate of drug-likeness (QED) is 0.746. The van der Waals surface area contributed by atoms with Gasteiger partial charge < -0.3 is 5.32 Å². The van der Waals surface area contributed by atoms with Crippen LogP contribution in [0, 0.1) is 13.8 Å². The van der Waals surface area contributed by atoms with Crippen molar-refractivity contribution >= 4 is 38.4 Å². The summed E-state index contributed by atoms with van der Waals surface area (Å²) < 4.78 is 0.770. The molecule has 0 aliphatic rings. The Morgan fingerprint density at radius 2 is 2.00 bits per heavy atom. The molecule has 3 rings (SSSR count). The number of pyridine rings is 2. The number of carbonyl (C=O) groups excluding carboxylic acids is 1. The molecule has 0 unspecified atom stereocenters. The van der Waals surface area contributed by atoms with Crippen molar-refractivity contribution in [3.63, 3.8) is 0 Å². The second kappa shape index (κ2) is 5.85. The molecular weight excluding hydrogens is 342 g/mol. The first kappa shape index (κ1) is 14.7. The minimum absolute atomic E-state index is 0.195. The summed E-state index contributed by atoms with van der Waals surface area (Å²) in [6.45, 7) is 4.09. The van der Waals surface area contributed by atoms with Crippen molar-refractivity contribution in [1.29, 1.82) is 0 Å². The highest BCUT2D eigenvalue weighted by molar-refractivity contribution is 9.10. The van der Waals surface area contributed by atoms with Gasteiger partial charge in [-0.1, -0.05) is 12.1 Å². The van der Waals surface area contributed by atoms with E-state index in [-0.39, 0.29) is 5.91 Å². The zero-order valence-corrected chi connectivity index (χ0v) is 13.8. The maximum Gasteiger partial charge on any atom is 0.257 e. The number of benzene rings is 1. The molecule has 1 amide bonds. The van der Waals surface area contributed by atoms with Crippen molar-refractivity contribution in [1.82, 2.24) is 9.97 Å². The Morgan fingerprint density at radius 3 is 2.77 bits per heavy atom. The van der Waals surface area contributed by atoms with Gasteiger partial charge in [0, 0.05) is 28.4 Å². The second-order valence-corrected chi connectivity index (χ2v) is 6.02. The fourth-order valence-electron chi connectivity index (χ4n) is 2.30. The number of nitrogens with one attached hydrogen (secondary N) is 1. The van der Waals surface area contributed by atoms with Gasteiger partial charge in [-0.3, -0.25) is 14.8 Å². The molecule has 0 radical (unpaired) electrons. The summed E-state index contributed by atoms with van der Waals surface area (Å²) in [6, 6.07) is 7.57. The molecule has 0 fully saturated rings. The van der Waals surface area contributed by atoms with Gasteiger partial charge in [-0.05, 0) is 53.0 Å². The standard InChI is InChI=1S/C17H14BrN3O/c1-10-3-4-14-15(5-6-20-16(14)11(10)2)21-17(22)12-7-13(18)9-19-8-12/h3-9H,1-2H3,(H,20,21,22). The SMILES string of the molecule is Cc1ccc2c(NC(=O)c3cncc(Br)c3)ccnc2c1C. The van der Waals surface area contributed by atoms with Gasteiger partial charge in [-0.15, -0.1) is 0 Å². The number of amides is 1. The predicted octanol–water partition coefficient (Wildman–Crippen LogP) is 4.26. The van der Waals surface area contributed by atoms with Crippen LogP contribution in [0.5, 0.6) is 0 Å². The van der Waals surface area contributed by atoms with Gasteiger partial charge in [0.2, 0.25) is 0 Å². The number of carbonyl (C=O) groups is 1. The van der Waals surface area contributed by atoms with Crippen molar-refractivity contribution in [3.05, 3.63) is 64.0 Å². The molecule has 4 nitrogen and oxygen atoms in total. The molecule has 22 heavy (non-hydrogen) atoms. The Bertz CT molecular complexity index is 877. The highest BCUT2D eigenvalue weighted by Gasteiger charge is 2.11. The lowest BCUT2D eigenvalue weighted by Gasteiger charge is -2.11. The van der Waals surface area contributed by atoms with Crippen LogP contribution in [0.15, 0.2) is 47.3 Å². The summed E-state index contributed by atoms with van der Waals surface area (Å²) in [5, 5.41) is 3.87. The lowest BCUT2D eigenvalue weighted by molar-refractivity contribution is 0.102. The molecular formula is C17H14BrN3O. The number of halogens is 1. The van der Waals surface area contributed by atoms with Crippen LogP contribution < -0.4 is 5.32 Å². The molecule has 1 N–H and O–H groups in total. The van der Waals surface area contributed by atoms with Gasteiger partial charge in [0.25, 0.3) is 5.91 Å². The van der Waals surface area contributed by atoms with Crippen molar-refractivity contribution in [2.24, 2.45) is 0 Å². The molecule has 0 spiro atoms. The first-order valence-corrected chi connectivity index (χ1v) is 7.62. The van der Waals surface area contributed by atoms with E-state index in [4.69, 9.17) is 0 Å². The van der Waals surface area contributed by atoms with Crippen LogP contribution in [0.3, 0.4) is 0 Å². The fourth-order valence-corrected chi connectivity index (χ4v) is 2.67. The van der Waals surface area contributed by atoms with E-state index < -0.39 is 0 Å². The first-order chi connectivity index (χ1) is 10.6. The van der Waals surface area contributed by atoms with E-state index >= 15 is 0 Å². The van der Waals surface area contributed by atoms with Crippen LogP contribution in [-0.2, 0) is 0 Å². The summed E-state index contributed by atoms with van der Waals surface area (Å²) in [6.07, 6.45) is 4.90. The molecule has 0 aliphatic carbocycles. The highest BCUT2D eigenvalue weighted by Crippen LogP contribution is 2.26. The van der Waals surface area contributed by atoms with E-state index in [0.29, 0.717) is 5.56 Å². The van der Waals surface area contributed by atoms with Gasteiger partial charge in [-0.25, -0.2) is 0 Å². The summed E-state index contributed by atoms with van der Waals surface area (Å²) in [4.78, 5) is 20.8. The van der Waals surface area contributed by atoms with E-state index in [2.05, 4.69) is 38.1 Å². The van der Waals surface area contributed by atoms with Gasteiger partial charge in [0.1, 0.15) is 0 Å². The van der Waals surface area contributed by atoms with Crippen LogP contribution in [-0.4, -0.2) is 15.9 Å². The minimum Gasteiger partial charge on any atom is -0.321 e. The van der Waals surface area contributed by atoms with Crippen LogP contribution in [0.1, 0.15) is 21.5 Å². The number of nitrogens with zero attached hydrogens (tertiary/aromatic N) is 2. The molecule has 0 saturated heterocycles. The summed E-state index contributed by atoms with van der Waals surface area (Å²) in [5.41, 5.74) is 4.46. The number of aromatic nitrogens is 2. The zero-order valence-electron chi connectivity index (χ0n) is 12.2. The average Bonchev–Trinajstić information content (AvgIpc) is 2.51. The summed E-state index contributed by atoms with van der Waals surface area (Å²) >= 11 is 3.32. The molecule has 0 saturated carbocycles. The lowest BCUT2D eigenvalue weighted by Crippen LogP contribution is -2.12. The number of fused-ring (bicyclic) bond motifs is 1. The summed E-state index contributed by atoms with van der Waals surface area (Å²) in [7, 11) is 0. The monoisotopic (exact) mass is 355 g/mol. The number of hydrogen-bond acceptors (Lipinski definition) is 3. The van der Waals surface area contributed by atoms with Crippen LogP contribution in [0.2, 0.25) is 0 Å². The maximum absolute atomic E-state index is 12.4. The molecule has 2 heterocycles. The van der Waals surface area contributed by atoms with Crippen molar-refractivity contribution in [2.45, 2.75) is 13.8 Å². The highest BCUT2D eigenvalue weighted by atomic mass is 79.9. The number of rotatable bonds is 2. The van der Waals surface area contributed by atoms with Crippen LogP contribution in [0.25, 0.3) is 10.9 Å². The Kier molecular flexibility index (Phi) is 3.90. The smallest absolute Gasteiger partial charge is 0.257 e. The maximum atomic E-state index is 12.4. The molecule has 2 aromatic heterocycles. The van der Waals surface area contributed by atoms with E-state index in [0.717, 1.165) is 26.6 Å². The van der Waals surface area contributed by atoms with Gasteiger partial charge in [0.15, 0.2) is 0 Å². The normalized spacial score (nSPS) is 10.7. The number of hydrogen-bond donors (Lipinski definition) is 1. The third-order valence-electron chi connectivity index (χ3n) is 3.65. The van der Waals surface area contributed by atoms with Crippen molar-refractivity contribution in [2.75, 3.05) is 5.32 Å². The van der Waals surface area contributed by atoms with Gasteiger partial charge >= 0.3 is 0 Å². The van der Waals surface area contributed by atoms with Crippen LogP contribution >= 0.6 is 15.9 Å². The van der Waals surface area contributed by atoms with Crippen LogP contribution in [0.4, 0.5) is 5.69 Å². The Balaban J connectivity index is 2.01. The largest absolute Gasteiger partial charge is 0.321 e. The van der Waals surface area contributed by atoms with Gasteiger partial charge in [0.05, 0.1) is 16.8 Å². The van der Waals surface area contributed by atoms with E-state index in [1.165, 1.54) is 5.56 Å². The molecule has 3 aromatic rings. The van der Waals surface area contributed by atoms with Gasteiger partial charge in [-0.2, -0.15) is 0 Å². The Labute approximate surface area is 136 Å². The third kappa shape index (κ3) is 2.72. The number of anilines is 1. The second-order valence-electron chi connectivity index (χ2n) is 5.11. The minimum atomic E-state index is -0.195. The molecule has 0 atom stereocenters. The lowest BCUT2D eigenvalue weighted by atomic mass is 10.0. The Morgan fingerprint density at radius 1 is 1.18 bits per heavy atom. The molecule has 5 heteroatoms. The average molecular weight is 356 g/mol. The fraction of sp³-hybridized carbons (Fsp3) is 0.118.